The second-order valence-corrected chi connectivity index (χ2v) is 10.2. The van der Waals surface area contributed by atoms with Gasteiger partial charge < -0.3 is 39.1 Å². The van der Waals surface area contributed by atoms with E-state index in [4.69, 9.17) is 34.5 Å². The molecule has 5 aromatic rings. The summed E-state index contributed by atoms with van der Waals surface area (Å²) in [6.07, 6.45) is 1.12. The molecule has 0 atom stereocenters. The van der Waals surface area contributed by atoms with Crippen LogP contribution in [0.25, 0.3) is 32.6 Å². The molecule has 3 aromatic carbocycles. The van der Waals surface area contributed by atoms with Crippen molar-refractivity contribution < 1.29 is 38.4 Å². The highest BCUT2D eigenvalue weighted by molar-refractivity contribution is 6.15. The van der Waals surface area contributed by atoms with Gasteiger partial charge in [0.2, 0.25) is 6.79 Å². The number of anilines is 1. The van der Waals surface area contributed by atoms with Crippen molar-refractivity contribution in [1.29, 1.82) is 0 Å². The number of aliphatic hydroxyl groups is 1. The maximum absolute atomic E-state index is 14.0. The number of amides is 1. The minimum absolute atomic E-state index is 0.00661. The van der Waals surface area contributed by atoms with E-state index in [1.807, 2.05) is 0 Å². The molecular formula is C32H30N4O9. The number of fused-ring (bicyclic) bond motifs is 6. The fourth-order valence-electron chi connectivity index (χ4n) is 5.32. The normalized spacial score (nSPS) is 12.1. The number of nitrogens with zero attached hydrogens (tertiary/aromatic N) is 3. The molecule has 0 aliphatic carbocycles. The molecule has 232 valence electrons. The fraction of sp³-hybridized carbons (Fsp3) is 0.250. The van der Waals surface area contributed by atoms with E-state index < -0.39 is 12.1 Å². The fourth-order valence-corrected chi connectivity index (χ4v) is 5.32. The molecule has 13 nitrogen and oxygen atoms in total. The zero-order valence-corrected chi connectivity index (χ0v) is 24.6. The second-order valence-electron chi connectivity index (χ2n) is 10.2. The Morgan fingerprint density at radius 2 is 1.76 bits per heavy atom. The monoisotopic (exact) mass is 614 g/mol. The van der Waals surface area contributed by atoms with E-state index >= 15 is 0 Å². The lowest BCUT2D eigenvalue weighted by atomic mass is 10.0. The van der Waals surface area contributed by atoms with Crippen LogP contribution in [0.1, 0.15) is 12.8 Å². The van der Waals surface area contributed by atoms with Crippen LogP contribution in [0.15, 0.2) is 59.5 Å². The summed E-state index contributed by atoms with van der Waals surface area (Å²) in [5.41, 5.74) is 7.11. The first-order valence-corrected chi connectivity index (χ1v) is 14.2. The van der Waals surface area contributed by atoms with E-state index in [1.165, 1.54) is 25.1 Å². The number of carbonyl (C=O) groups is 2. The summed E-state index contributed by atoms with van der Waals surface area (Å²) < 4.78 is 29.4. The predicted molar refractivity (Wildman–Crippen MR) is 166 cm³/mol. The van der Waals surface area contributed by atoms with Gasteiger partial charge in [-0.05, 0) is 36.8 Å². The molecule has 1 aliphatic heterocycles. The summed E-state index contributed by atoms with van der Waals surface area (Å²) in [6, 6.07) is 13.1. The SMILES string of the molecule is COc1cc2c(cc1OC(=O)N(C)c1ccccc1OC(=O)CCCO)c(=O)n(CCN)c1c3cc4c(cc3ncc21)OCO4. The molecule has 3 N–H and O–H groups in total. The third kappa shape index (κ3) is 5.43. The van der Waals surface area contributed by atoms with Crippen molar-refractivity contribution in [1.82, 2.24) is 9.55 Å². The summed E-state index contributed by atoms with van der Waals surface area (Å²) in [5.74, 6) is 0.924. The quantitative estimate of drug-likeness (QED) is 0.141. The number of rotatable bonds is 9. The van der Waals surface area contributed by atoms with Gasteiger partial charge in [-0.15, -0.1) is 0 Å². The number of nitrogens with two attached hydrogens (primary N) is 1. The van der Waals surface area contributed by atoms with E-state index in [9.17, 15) is 14.4 Å². The molecule has 0 saturated carbocycles. The van der Waals surface area contributed by atoms with Crippen LogP contribution >= 0.6 is 0 Å². The van der Waals surface area contributed by atoms with Crippen molar-refractivity contribution in [3.8, 4) is 28.7 Å². The first-order chi connectivity index (χ1) is 21.8. The van der Waals surface area contributed by atoms with Gasteiger partial charge in [-0.3, -0.25) is 19.5 Å². The number of hydrogen-bond donors (Lipinski definition) is 2. The van der Waals surface area contributed by atoms with Gasteiger partial charge in [0.05, 0.1) is 29.2 Å². The van der Waals surface area contributed by atoms with Crippen LogP contribution in [0.2, 0.25) is 0 Å². The number of benzene rings is 3. The largest absolute Gasteiger partial charge is 0.493 e. The van der Waals surface area contributed by atoms with Crippen molar-refractivity contribution in [2.75, 3.05) is 39.0 Å². The Balaban J connectivity index is 1.42. The number of methoxy groups -OCH3 is 1. The highest BCUT2D eigenvalue weighted by Crippen LogP contribution is 2.40. The first-order valence-electron chi connectivity index (χ1n) is 14.2. The van der Waals surface area contributed by atoms with Crippen molar-refractivity contribution in [2.45, 2.75) is 19.4 Å². The zero-order valence-electron chi connectivity index (χ0n) is 24.6. The average molecular weight is 615 g/mol. The van der Waals surface area contributed by atoms with Crippen molar-refractivity contribution in [3.05, 3.63) is 65.1 Å². The summed E-state index contributed by atoms with van der Waals surface area (Å²) in [5, 5.41) is 11.2. The zero-order chi connectivity index (χ0) is 31.7. The van der Waals surface area contributed by atoms with Crippen LogP contribution in [-0.4, -0.2) is 60.8 Å². The first kappa shape index (κ1) is 29.7. The van der Waals surface area contributed by atoms with Gasteiger partial charge >= 0.3 is 12.1 Å². The molecule has 0 fully saturated rings. The lowest BCUT2D eigenvalue weighted by Crippen LogP contribution is -2.30. The van der Waals surface area contributed by atoms with Crippen molar-refractivity contribution in [2.24, 2.45) is 5.73 Å². The van der Waals surface area contributed by atoms with Crippen LogP contribution in [-0.2, 0) is 11.3 Å². The van der Waals surface area contributed by atoms with Gasteiger partial charge in [0.15, 0.2) is 28.7 Å². The molecule has 0 radical (unpaired) electrons. The molecule has 1 amide bonds. The molecule has 45 heavy (non-hydrogen) atoms. The Bertz CT molecular complexity index is 2020. The standard InChI is InChI=1S/C32H30N4O9/c1-35(23-6-3-4-7-24(23)44-29(38)8-5-11-37)32(40)45-28-13-19-18(12-25(28)41-2)21-16-34-22-15-27-26(42-17-43-27)14-20(22)30(21)36(10-9-33)31(19)39/h3-4,6-7,12-16,37H,5,8-11,17,33H2,1-2H3. The number of hydrogen-bond acceptors (Lipinski definition) is 11. The molecule has 0 spiro atoms. The number of aromatic nitrogens is 2. The maximum Gasteiger partial charge on any atom is 0.419 e. The highest BCUT2D eigenvalue weighted by Gasteiger charge is 2.24. The van der Waals surface area contributed by atoms with E-state index in [1.54, 1.807) is 53.2 Å². The summed E-state index contributed by atoms with van der Waals surface area (Å²) in [6.45, 7) is 0.360. The highest BCUT2D eigenvalue weighted by atomic mass is 16.7. The summed E-state index contributed by atoms with van der Waals surface area (Å²) in [7, 11) is 2.88. The number of esters is 1. The number of pyridine rings is 2. The van der Waals surface area contributed by atoms with Gasteiger partial charge in [0, 0.05) is 61.6 Å². The van der Waals surface area contributed by atoms with Gasteiger partial charge in [0.1, 0.15) is 0 Å². The number of ether oxygens (including phenoxy) is 5. The molecule has 1 aliphatic rings. The van der Waals surface area contributed by atoms with E-state index in [0.29, 0.717) is 38.7 Å². The molecule has 0 unspecified atom stereocenters. The Morgan fingerprint density at radius 3 is 2.51 bits per heavy atom. The lowest BCUT2D eigenvalue weighted by Gasteiger charge is -2.21. The lowest BCUT2D eigenvalue weighted by molar-refractivity contribution is -0.134. The molecule has 0 saturated heterocycles. The Morgan fingerprint density at radius 1 is 1.00 bits per heavy atom. The minimum Gasteiger partial charge on any atom is -0.493 e. The van der Waals surface area contributed by atoms with Gasteiger partial charge in [-0.1, -0.05) is 12.1 Å². The Labute approximate surface area is 256 Å². The molecule has 6 rings (SSSR count). The van der Waals surface area contributed by atoms with Crippen LogP contribution in [0, 0.1) is 0 Å². The van der Waals surface area contributed by atoms with Crippen molar-refractivity contribution >= 4 is 50.3 Å². The number of aliphatic hydroxyl groups excluding tert-OH is 1. The Kier molecular flexibility index (Phi) is 8.11. The average Bonchev–Trinajstić information content (AvgIpc) is 3.51. The molecule has 0 bridgehead atoms. The van der Waals surface area contributed by atoms with Gasteiger partial charge in [-0.2, -0.15) is 0 Å². The summed E-state index contributed by atoms with van der Waals surface area (Å²) in [4.78, 5) is 45.4. The maximum atomic E-state index is 14.0. The molecule has 3 heterocycles. The predicted octanol–water partition coefficient (Wildman–Crippen LogP) is 3.71. The summed E-state index contributed by atoms with van der Waals surface area (Å²) >= 11 is 0. The Hall–Kier alpha value is -5.40. The van der Waals surface area contributed by atoms with Crippen LogP contribution in [0.3, 0.4) is 0 Å². The number of carbonyl (C=O) groups excluding carboxylic acids is 2. The van der Waals surface area contributed by atoms with Crippen LogP contribution in [0.4, 0.5) is 10.5 Å². The topological polar surface area (TPSA) is 165 Å². The smallest absolute Gasteiger partial charge is 0.419 e. The molecular weight excluding hydrogens is 584 g/mol. The van der Waals surface area contributed by atoms with Crippen molar-refractivity contribution in [3.63, 3.8) is 0 Å². The van der Waals surface area contributed by atoms with Crippen LogP contribution in [0.5, 0.6) is 28.7 Å². The third-order valence-electron chi connectivity index (χ3n) is 7.49. The molecule has 13 heteroatoms. The van der Waals surface area contributed by atoms with Gasteiger partial charge in [-0.25, -0.2) is 4.79 Å². The van der Waals surface area contributed by atoms with E-state index in [0.717, 1.165) is 0 Å². The van der Waals surface area contributed by atoms with Gasteiger partial charge in [0.25, 0.3) is 5.56 Å². The van der Waals surface area contributed by atoms with E-state index in [-0.39, 0.29) is 73.2 Å². The van der Waals surface area contributed by atoms with Crippen LogP contribution < -0.4 is 39.9 Å². The second kappa shape index (κ2) is 12.3. The minimum atomic E-state index is -0.821. The third-order valence-corrected chi connectivity index (χ3v) is 7.49. The van der Waals surface area contributed by atoms with E-state index in [2.05, 4.69) is 4.98 Å². The number of para-hydroxylation sites is 2. The molecule has 2 aromatic heterocycles.